The number of rotatable bonds is 5. The number of aromatic amines is 1. The average molecular weight is 403 g/mol. The number of hydrogen-bond acceptors (Lipinski definition) is 9. The van der Waals surface area contributed by atoms with Crippen LogP contribution in [0.2, 0.25) is 0 Å². The molecule has 3 aromatic rings. The molecule has 146 valence electrons. The first-order valence-corrected chi connectivity index (χ1v) is 9.07. The Morgan fingerprint density at radius 2 is 2.04 bits per heavy atom. The number of aryl methyl sites for hydroxylation is 2. The highest BCUT2D eigenvalue weighted by atomic mass is 32.2. The summed E-state index contributed by atoms with van der Waals surface area (Å²) in [6.45, 7) is 5.04. The Morgan fingerprint density at radius 1 is 1.29 bits per heavy atom. The smallest absolute Gasteiger partial charge is 0.338 e. The highest BCUT2D eigenvalue weighted by Gasteiger charge is 2.21. The van der Waals surface area contributed by atoms with Gasteiger partial charge in [0, 0.05) is 11.8 Å². The van der Waals surface area contributed by atoms with Gasteiger partial charge in [0.15, 0.2) is 16.6 Å². The maximum absolute atomic E-state index is 12.5. The van der Waals surface area contributed by atoms with Gasteiger partial charge in [-0.2, -0.15) is 0 Å². The van der Waals surface area contributed by atoms with E-state index in [1.807, 2.05) is 0 Å². The van der Waals surface area contributed by atoms with Crippen LogP contribution >= 0.6 is 11.8 Å². The summed E-state index contributed by atoms with van der Waals surface area (Å²) in [5, 5.41) is 5.96. The molecule has 0 aromatic carbocycles. The third-order valence-electron chi connectivity index (χ3n) is 3.73. The van der Waals surface area contributed by atoms with Crippen LogP contribution < -0.4 is 10.9 Å². The maximum atomic E-state index is 12.5. The number of pyridine rings is 1. The van der Waals surface area contributed by atoms with E-state index in [4.69, 9.17) is 9.26 Å². The van der Waals surface area contributed by atoms with Crippen LogP contribution in [0.25, 0.3) is 11.0 Å². The third-order valence-corrected chi connectivity index (χ3v) is 4.71. The van der Waals surface area contributed by atoms with E-state index in [0.717, 1.165) is 11.8 Å². The normalized spacial score (nSPS) is 12.0. The van der Waals surface area contributed by atoms with E-state index in [0.29, 0.717) is 17.3 Å². The fraction of sp³-hybridized carbons (Fsp3) is 0.294. The minimum atomic E-state index is -0.654. The molecule has 3 heterocycles. The third kappa shape index (κ3) is 4.03. The lowest BCUT2D eigenvalue weighted by Gasteiger charge is -2.10. The number of aromatic nitrogens is 4. The number of hydrogen-bond donors (Lipinski definition) is 2. The zero-order valence-electron chi connectivity index (χ0n) is 15.5. The first kappa shape index (κ1) is 19.5. The van der Waals surface area contributed by atoms with Crippen molar-refractivity contribution in [2.45, 2.75) is 31.2 Å². The molecule has 10 nitrogen and oxygen atoms in total. The Kier molecular flexibility index (Phi) is 5.45. The number of thioether (sulfide) groups is 1. The quantitative estimate of drug-likeness (QED) is 0.371. The lowest BCUT2D eigenvalue weighted by Crippen LogP contribution is -2.23. The highest BCUT2D eigenvalue weighted by molar-refractivity contribution is 8.00. The Bertz CT molecular complexity index is 1120. The molecule has 28 heavy (non-hydrogen) atoms. The lowest BCUT2D eigenvalue weighted by atomic mass is 10.1. The van der Waals surface area contributed by atoms with E-state index >= 15 is 0 Å². The van der Waals surface area contributed by atoms with Gasteiger partial charge in [-0.25, -0.2) is 14.8 Å². The number of amides is 1. The minimum absolute atomic E-state index is 0.0389. The summed E-state index contributed by atoms with van der Waals surface area (Å²) < 4.78 is 9.62. The van der Waals surface area contributed by atoms with Crippen molar-refractivity contribution in [2.24, 2.45) is 0 Å². The fourth-order valence-electron chi connectivity index (χ4n) is 2.45. The summed E-state index contributed by atoms with van der Waals surface area (Å²) in [4.78, 5) is 47.9. The number of nitrogens with one attached hydrogen (secondary N) is 2. The molecule has 3 aromatic heterocycles. The monoisotopic (exact) mass is 403 g/mol. The molecule has 1 unspecified atom stereocenters. The number of anilines is 1. The second-order valence-corrected chi connectivity index (χ2v) is 7.27. The zero-order chi connectivity index (χ0) is 20.4. The van der Waals surface area contributed by atoms with Crippen molar-refractivity contribution in [3.05, 3.63) is 39.5 Å². The highest BCUT2D eigenvalue weighted by Crippen LogP contribution is 2.22. The number of carbonyl (C=O) groups excluding carboxylic acids is 2. The standard InChI is InChI=1S/C17H17N5O5S/c1-7-5-10(16(25)26-4)12-13(18-7)20-17(21-15(12)24)28-9(3)14(23)19-11-6-8(2)27-22-11/h5-6,9H,1-4H3,(H,19,22,23)(H,18,20,21,24). The predicted octanol–water partition coefficient (Wildman–Crippen LogP) is 1.83. The van der Waals surface area contributed by atoms with Crippen molar-refractivity contribution >= 4 is 40.5 Å². The van der Waals surface area contributed by atoms with Gasteiger partial charge in [-0.1, -0.05) is 16.9 Å². The van der Waals surface area contributed by atoms with Gasteiger partial charge in [0.2, 0.25) is 5.91 Å². The van der Waals surface area contributed by atoms with Crippen LogP contribution in [-0.2, 0) is 9.53 Å². The Labute approximate surface area is 163 Å². The van der Waals surface area contributed by atoms with Crippen molar-refractivity contribution < 1.29 is 18.8 Å². The van der Waals surface area contributed by atoms with E-state index in [2.05, 4.69) is 25.4 Å². The van der Waals surface area contributed by atoms with Gasteiger partial charge in [-0.15, -0.1) is 0 Å². The van der Waals surface area contributed by atoms with Crippen LogP contribution in [0.3, 0.4) is 0 Å². The lowest BCUT2D eigenvalue weighted by molar-refractivity contribution is -0.115. The topological polar surface area (TPSA) is 140 Å². The molecule has 11 heteroatoms. The second-order valence-electron chi connectivity index (χ2n) is 5.94. The summed E-state index contributed by atoms with van der Waals surface area (Å²) in [6, 6.07) is 3.06. The van der Waals surface area contributed by atoms with Crippen molar-refractivity contribution in [1.29, 1.82) is 0 Å². The molecule has 0 saturated carbocycles. The molecular formula is C17H17N5O5S. The van der Waals surface area contributed by atoms with Crippen LogP contribution in [0.4, 0.5) is 5.82 Å². The average Bonchev–Trinajstić information content (AvgIpc) is 3.04. The van der Waals surface area contributed by atoms with Crippen LogP contribution in [0, 0.1) is 13.8 Å². The van der Waals surface area contributed by atoms with Gasteiger partial charge in [0.1, 0.15) is 5.76 Å². The number of H-pyrrole nitrogens is 1. The van der Waals surface area contributed by atoms with Gasteiger partial charge >= 0.3 is 5.97 Å². The van der Waals surface area contributed by atoms with Crippen molar-refractivity contribution in [3.8, 4) is 0 Å². The molecule has 0 bridgehead atoms. The number of methoxy groups -OCH3 is 1. The summed E-state index contributed by atoms with van der Waals surface area (Å²) in [6.07, 6.45) is 0. The van der Waals surface area contributed by atoms with Gasteiger partial charge in [0.05, 0.1) is 23.3 Å². The first-order chi connectivity index (χ1) is 13.3. The van der Waals surface area contributed by atoms with Crippen LogP contribution in [-0.4, -0.2) is 44.3 Å². The van der Waals surface area contributed by atoms with Crippen LogP contribution in [0.1, 0.15) is 28.7 Å². The molecule has 0 fully saturated rings. The number of ether oxygens (including phenoxy) is 1. The molecular weight excluding hydrogens is 386 g/mol. The Hall–Kier alpha value is -3.21. The summed E-state index contributed by atoms with van der Waals surface area (Å²) in [5.41, 5.74) is 0.156. The van der Waals surface area contributed by atoms with Gasteiger partial charge in [0.25, 0.3) is 5.56 Å². The molecule has 1 amide bonds. The minimum Gasteiger partial charge on any atom is -0.465 e. The number of esters is 1. The largest absolute Gasteiger partial charge is 0.465 e. The molecule has 1 atom stereocenters. The van der Waals surface area contributed by atoms with E-state index in [9.17, 15) is 14.4 Å². The Morgan fingerprint density at radius 3 is 2.68 bits per heavy atom. The first-order valence-electron chi connectivity index (χ1n) is 8.19. The van der Waals surface area contributed by atoms with Crippen LogP contribution in [0.5, 0.6) is 0 Å². The molecule has 0 radical (unpaired) electrons. The van der Waals surface area contributed by atoms with E-state index < -0.39 is 16.8 Å². The van der Waals surface area contributed by atoms with Crippen LogP contribution in [0.15, 0.2) is 26.6 Å². The number of nitrogens with zero attached hydrogens (tertiary/aromatic N) is 3. The molecule has 3 rings (SSSR count). The van der Waals surface area contributed by atoms with E-state index in [1.54, 1.807) is 26.8 Å². The zero-order valence-corrected chi connectivity index (χ0v) is 16.3. The molecule has 2 N–H and O–H groups in total. The fourth-order valence-corrected chi connectivity index (χ4v) is 3.24. The number of carbonyl (C=O) groups is 2. The predicted molar refractivity (Wildman–Crippen MR) is 101 cm³/mol. The van der Waals surface area contributed by atoms with E-state index in [1.165, 1.54) is 13.2 Å². The molecule has 0 aliphatic rings. The van der Waals surface area contributed by atoms with Crippen molar-refractivity contribution in [2.75, 3.05) is 12.4 Å². The molecule has 0 aliphatic heterocycles. The SMILES string of the molecule is COC(=O)c1cc(C)nc2nc(SC(C)C(=O)Nc3cc(C)on3)[nH]c(=O)c12. The van der Waals surface area contributed by atoms with Gasteiger partial charge in [-0.3, -0.25) is 9.59 Å². The summed E-state index contributed by atoms with van der Waals surface area (Å²) in [5.74, 6) is -0.124. The maximum Gasteiger partial charge on any atom is 0.338 e. The second kappa shape index (κ2) is 7.80. The van der Waals surface area contributed by atoms with E-state index in [-0.39, 0.29) is 27.7 Å². The summed E-state index contributed by atoms with van der Waals surface area (Å²) >= 11 is 1.04. The summed E-state index contributed by atoms with van der Waals surface area (Å²) in [7, 11) is 1.23. The molecule has 0 spiro atoms. The van der Waals surface area contributed by atoms with Gasteiger partial charge < -0.3 is 19.6 Å². The Balaban J connectivity index is 1.88. The number of fused-ring (bicyclic) bond motifs is 1. The van der Waals surface area contributed by atoms with Gasteiger partial charge in [-0.05, 0) is 26.8 Å². The molecule has 0 aliphatic carbocycles. The van der Waals surface area contributed by atoms with Crippen molar-refractivity contribution in [3.63, 3.8) is 0 Å². The molecule has 0 saturated heterocycles. The van der Waals surface area contributed by atoms with Crippen molar-refractivity contribution in [1.82, 2.24) is 20.1 Å².